The maximum atomic E-state index is 4.45. The molecule has 0 bridgehead atoms. The molecule has 0 spiro atoms. The first kappa shape index (κ1) is 13.1. The summed E-state index contributed by atoms with van der Waals surface area (Å²) in [6, 6.07) is 0.593. The largest absolute Gasteiger partial charge is 0.316 e. The van der Waals surface area contributed by atoms with Crippen LogP contribution in [0.1, 0.15) is 50.6 Å². The summed E-state index contributed by atoms with van der Waals surface area (Å²) in [4.78, 5) is 0. The molecule has 4 heteroatoms. The standard InChI is InChI=1S/C13H22BrN3/c1-3-17-13(11(14)9-16-17)10-7-5-4-6-8-12(10)15-2/h9-10,12,15H,3-8H2,1-2H3. The van der Waals surface area contributed by atoms with Crippen molar-refractivity contribution in [1.29, 1.82) is 0 Å². The second-order valence-electron chi connectivity index (χ2n) is 4.83. The molecule has 17 heavy (non-hydrogen) atoms. The number of aryl methyl sites for hydroxylation is 1. The van der Waals surface area contributed by atoms with Crippen LogP contribution in [0.3, 0.4) is 0 Å². The summed E-state index contributed by atoms with van der Waals surface area (Å²) in [7, 11) is 2.09. The fraction of sp³-hybridized carbons (Fsp3) is 0.769. The Morgan fingerprint density at radius 3 is 2.88 bits per heavy atom. The second-order valence-corrected chi connectivity index (χ2v) is 5.69. The molecule has 3 nitrogen and oxygen atoms in total. The maximum absolute atomic E-state index is 4.45. The molecule has 1 aliphatic carbocycles. The third kappa shape index (κ3) is 2.74. The quantitative estimate of drug-likeness (QED) is 0.868. The number of aromatic nitrogens is 2. The van der Waals surface area contributed by atoms with E-state index in [9.17, 15) is 0 Å². The van der Waals surface area contributed by atoms with Gasteiger partial charge in [-0.25, -0.2) is 0 Å². The van der Waals surface area contributed by atoms with Crippen molar-refractivity contribution < 1.29 is 0 Å². The van der Waals surface area contributed by atoms with Crippen molar-refractivity contribution in [3.05, 3.63) is 16.4 Å². The third-order valence-electron chi connectivity index (χ3n) is 3.87. The van der Waals surface area contributed by atoms with E-state index in [-0.39, 0.29) is 0 Å². The SMILES string of the molecule is CCn1ncc(Br)c1C1CCCCCC1NC. The van der Waals surface area contributed by atoms with E-state index in [0.717, 1.165) is 6.54 Å². The number of hydrogen-bond acceptors (Lipinski definition) is 2. The number of nitrogens with one attached hydrogen (secondary N) is 1. The molecule has 0 amide bonds. The molecule has 0 aromatic carbocycles. The molecular weight excluding hydrogens is 278 g/mol. The monoisotopic (exact) mass is 299 g/mol. The fourth-order valence-corrected chi connectivity index (χ4v) is 3.56. The lowest BCUT2D eigenvalue weighted by molar-refractivity contribution is 0.412. The Balaban J connectivity index is 2.30. The first-order valence-electron chi connectivity index (χ1n) is 6.66. The van der Waals surface area contributed by atoms with Gasteiger partial charge < -0.3 is 5.32 Å². The summed E-state index contributed by atoms with van der Waals surface area (Å²) in [5, 5.41) is 7.95. The van der Waals surface area contributed by atoms with Crippen LogP contribution >= 0.6 is 15.9 Å². The van der Waals surface area contributed by atoms with Crippen molar-refractivity contribution in [2.24, 2.45) is 0 Å². The van der Waals surface area contributed by atoms with Gasteiger partial charge in [0.15, 0.2) is 0 Å². The van der Waals surface area contributed by atoms with Gasteiger partial charge in [-0.15, -0.1) is 0 Å². The lowest BCUT2D eigenvalue weighted by Gasteiger charge is -2.26. The van der Waals surface area contributed by atoms with Gasteiger partial charge in [0.05, 0.1) is 16.4 Å². The average molecular weight is 300 g/mol. The third-order valence-corrected chi connectivity index (χ3v) is 4.48. The van der Waals surface area contributed by atoms with Gasteiger partial charge in [-0.05, 0) is 42.7 Å². The van der Waals surface area contributed by atoms with Crippen LogP contribution in [0.5, 0.6) is 0 Å². The number of likely N-dealkylation sites (N-methyl/N-ethyl adjacent to an activating group) is 1. The summed E-state index contributed by atoms with van der Waals surface area (Å²) >= 11 is 3.66. The molecule has 0 aliphatic heterocycles. The lowest BCUT2D eigenvalue weighted by Crippen LogP contribution is -2.32. The van der Waals surface area contributed by atoms with Gasteiger partial charge in [0.25, 0.3) is 0 Å². The fourth-order valence-electron chi connectivity index (χ4n) is 2.97. The van der Waals surface area contributed by atoms with Crippen molar-refractivity contribution in [1.82, 2.24) is 15.1 Å². The van der Waals surface area contributed by atoms with Gasteiger partial charge in [-0.2, -0.15) is 5.10 Å². The van der Waals surface area contributed by atoms with E-state index >= 15 is 0 Å². The van der Waals surface area contributed by atoms with Crippen LogP contribution in [0.4, 0.5) is 0 Å². The summed E-state index contributed by atoms with van der Waals surface area (Å²) in [5.74, 6) is 0.597. The predicted molar refractivity (Wildman–Crippen MR) is 74.3 cm³/mol. The molecule has 1 aromatic heterocycles. The van der Waals surface area contributed by atoms with Crippen molar-refractivity contribution in [2.45, 2.75) is 57.5 Å². The average Bonchev–Trinajstić information content (AvgIpc) is 2.58. The van der Waals surface area contributed by atoms with Crippen LogP contribution in [-0.4, -0.2) is 22.9 Å². The zero-order valence-corrected chi connectivity index (χ0v) is 12.3. The van der Waals surface area contributed by atoms with Gasteiger partial charge in [0.2, 0.25) is 0 Å². The van der Waals surface area contributed by atoms with E-state index in [1.165, 1.54) is 42.3 Å². The van der Waals surface area contributed by atoms with E-state index in [0.29, 0.717) is 12.0 Å². The van der Waals surface area contributed by atoms with E-state index < -0.39 is 0 Å². The molecule has 2 unspecified atom stereocenters. The summed E-state index contributed by atoms with van der Waals surface area (Å²) in [5.41, 5.74) is 1.38. The van der Waals surface area contributed by atoms with Crippen LogP contribution in [0.25, 0.3) is 0 Å². The zero-order chi connectivity index (χ0) is 12.3. The van der Waals surface area contributed by atoms with Crippen molar-refractivity contribution >= 4 is 15.9 Å². The minimum Gasteiger partial charge on any atom is -0.316 e. The van der Waals surface area contributed by atoms with Crippen LogP contribution in [0, 0.1) is 0 Å². The molecule has 2 atom stereocenters. The number of rotatable bonds is 3. The number of halogens is 1. The van der Waals surface area contributed by atoms with Gasteiger partial charge in [0.1, 0.15) is 0 Å². The predicted octanol–water partition coefficient (Wildman–Crippen LogP) is 3.30. The highest BCUT2D eigenvalue weighted by molar-refractivity contribution is 9.10. The Morgan fingerprint density at radius 2 is 2.18 bits per heavy atom. The van der Waals surface area contributed by atoms with Crippen molar-refractivity contribution in [3.8, 4) is 0 Å². The molecule has 0 radical (unpaired) electrons. The Kier molecular flexibility index (Phi) is 4.62. The topological polar surface area (TPSA) is 29.9 Å². The van der Waals surface area contributed by atoms with E-state index in [4.69, 9.17) is 0 Å². The van der Waals surface area contributed by atoms with E-state index in [1.807, 2.05) is 6.20 Å². The minimum atomic E-state index is 0.593. The van der Waals surface area contributed by atoms with Gasteiger partial charge in [-0.3, -0.25) is 4.68 Å². The molecule has 1 fully saturated rings. The Labute approximate surface area is 112 Å². The lowest BCUT2D eigenvalue weighted by atomic mass is 9.91. The molecule has 1 aromatic rings. The molecular formula is C13H22BrN3. The number of hydrogen-bond donors (Lipinski definition) is 1. The van der Waals surface area contributed by atoms with Crippen LogP contribution in [0.15, 0.2) is 10.7 Å². The summed E-state index contributed by atoms with van der Waals surface area (Å²) in [6.07, 6.45) is 8.55. The Bertz CT molecular complexity index is 362. The molecule has 2 rings (SSSR count). The highest BCUT2D eigenvalue weighted by Gasteiger charge is 2.28. The van der Waals surface area contributed by atoms with Crippen LogP contribution in [-0.2, 0) is 6.54 Å². The molecule has 1 heterocycles. The van der Waals surface area contributed by atoms with E-state index in [2.05, 4.69) is 45.0 Å². The summed E-state index contributed by atoms with van der Waals surface area (Å²) < 4.78 is 3.32. The molecule has 1 saturated carbocycles. The smallest absolute Gasteiger partial charge is 0.0635 e. The first-order chi connectivity index (χ1) is 8.27. The van der Waals surface area contributed by atoms with Crippen molar-refractivity contribution in [3.63, 3.8) is 0 Å². The van der Waals surface area contributed by atoms with Crippen LogP contribution in [0.2, 0.25) is 0 Å². The first-order valence-corrected chi connectivity index (χ1v) is 7.45. The van der Waals surface area contributed by atoms with E-state index in [1.54, 1.807) is 0 Å². The van der Waals surface area contributed by atoms with Gasteiger partial charge >= 0.3 is 0 Å². The Morgan fingerprint density at radius 1 is 1.41 bits per heavy atom. The molecule has 0 saturated heterocycles. The van der Waals surface area contributed by atoms with Crippen molar-refractivity contribution in [2.75, 3.05) is 7.05 Å². The highest BCUT2D eigenvalue weighted by Crippen LogP contribution is 2.35. The molecule has 96 valence electrons. The summed E-state index contributed by atoms with van der Waals surface area (Å²) in [6.45, 7) is 3.11. The van der Waals surface area contributed by atoms with Gasteiger partial charge in [-0.1, -0.05) is 19.3 Å². The van der Waals surface area contributed by atoms with Crippen LogP contribution < -0.4 is 5.32 Å². The normalized spacial score (nSPS) is 25.8. The molecule has 1 aliphatic rings. The maximum Gasteiger partial charge on any atom is 0.0635 e. The minimum absolute atomic E-state index is 0.593. The number of nitrogens with zero attached hydrogens (tertiary/aromatic N) is 2. The zero-order valence-electron chi connectivity index (χ0n) is 10.7. The Hall–Kier alpha value is -0.350. The molecule has 1 N–H and O–H groups in total. The highest BCUT2D eigenvalue weighted by atomic mass is 79.9. The second kappa shape index (κ2) is 6.01. The van der Waals surface area contributed by atoms with Gasteiger partial charge in [0, 0.05) is 18.5 Å².